The van der Waals surface area contributed by atoms with Crippen LogP contribution in [0.25, 0.3) is 21.5 Å². The minimum atomic E-state index is -0.718. The molecule has 0 aliphatic carbocycles. The Bertz CT molecular complexity index is 1440. The number of hydrogen-bond donors (Lipinski definition) is 2. The molecule has 0 amide bonds. The molecule has 4 rings (SSSR count). The van der Waals surface area contributed by atoms with Crippen molar-refractivity contribution in [2.45, 2.75) is 0 Å². The Morgan fingerprint density at radius 3 is 2.16 bits per heavy atom. The second-order valence-corrected chi connectivity index (χ2v) is 8.11. The van der Waals surface area contributed by atoms with E-state index in [4.69, 9.17) is 46.4 Å². The lowest BCUT2D eigenvalue weighted by Crippen LogP contribution is -2.01. The van der Waals surface area contributed by atoms with E-state index in [-0.39, 0.29) is 47.2 Å². The lowest BCUT2D eigenvalue weighted by molar-refractivity contribution is -0.383. The predicted octanol–water partition coefficient (Wildman–Crippen LogP) is 6.74. The Balaban J connectivity index is 2.02. The van der Waals surface area contributed by atoms with Crippen molar-refractivity contribution in [1.82, 2.24) is 0 Å². The molecule has 4 aromatic rings. The summed E-state index contributed by atoms with van der Waals surface area (Å²) in [6.45, 7) is 0. The molecule has 11 heteroatoms. The highest BCUT2D eigenvalue weighted by Crippen LogP contribution is 2.53. The van der Waals surface area contributed by atoms with Gasteiger partial charge in [-0.05, 0) is 29.0 Å². The molecular formula is C21H10Cl4N3O4-. The molecule has 0 saturated carbocycles. The second-order valence-electron chi connectivity index (χ2n) is 6.60. The van der Waals surface area contributed by atoms with Gasteiger partial charge in [-0.2, -0.15) is 5.10 Å². The van der Waals surface area contributed by atoms with Crippen molar-refractivity contribution in [2.75, 3.05) is 5.43 Å². The highest BCUT2D eigenvalue weighted by molar-refractivity contribution is 6.56. The fourth-order valence-corrected chi connectivity index (χ4v) is 4.38. The topological polar surface area (TPSA) is 111 Å². The molecule has 32 heavy (non-hydrogen) atoms. The van der Waals surface area contributed by atoms with Gasteiger partial charge in [0, 0.05) is 5.39 Å². The van der Waals surface area contributed by atoms with E-state index >= 15 is 0 Å². The number of aromatic hydroxyl groups is 1. The first kappa shape index (κ1) is 22.2. The average molecular weight is 510 g/mol. The summed E-state index contributed by atoms with van der Waals surface area (Å²) >= 11 is 24.5. The van der Waals surface area contributed by atoms with E-state index in [1.165, 1.54) is 18.3 Å². The van der Waals surface area contributed by atoms with Crippen LogP contribution in [0.5, 0.6) is 11.5 Å². The molecule has 0 aliphatic rings. The van der Waals surface area contributed by atoms with Gasteiger partial charge in [0.1, 0.15) is 11.1 Å². The molecule has 2 N–H and O–H groups in total. The average Bonchev–Trinajstić information content (AvgIpc) is 2.78. The standard InChI is InChI=1S/C21H11Cl4N3O4/c22-15-13-14(16(23)18(25)17(15)24)21(30)12-11(20(13)29)7-6-9(19(12)28(31)32)8-26-27-10-4-2-1-3-5-10/h1-8,27,29-30H/p-1. The summed E-state index contributed by atoms with van der Waals surface area (Å²) in [6, 6.07) is 11.6. The van der Waals surface area contributed by atoms with Gasteiger partial charge in [-0.1, -0.05) is 76.4 Å². The van der Waals surface area contributed by atoms with Crippen molar-refractivity contribution in [3.63, 3.8) is 0 Å². The maximum atomic E-state index is 13.1. The largest absolute Gasteiger partial charge is 0.872 e. The molecule has 0 saturated heterocycles. The van der Waals surface area contributed by atoms with Gasteiger partial charge in [0.05, 0.1) is 42.5 Å². The molecule has 0 atom stereocenters. The Morgan fingerprint density at radius 1 is 0.906 bits per heavy atom. The number of nitro benzene ring substituents is 1. The summed E-state index contributed by atoms with van der Waals surface area (Å²) in [6.07, 6.45) is 1.21. The number of anilines is 1. The van der Waals surface area contributed by atoms with Gasteiger partial charge in [-0.25, -0.2) is 0 Å². The number of fused-ring (bicyclic) bond motifs is 2. The molecule has 0 aromatic heterocycles. The fraction of sp³-hybridized carbons (Fsp3) is 0. The Morgan fingerprint density at radius 2 is 1.53 bits per heavy atom. The number of nitrogens with zero attached hydrogens (tertiary/aromatic N) is 2. The van der Waals surface area contributed by atoms with E-state index in [2.05, 4.69) is 10.5 Å². The third kappa shape index (κ3) is 3.53. The zero-order valence-electron chi connectivity index (χ0n) is 15.7. The lowest BCUT2D eigenvalue weighted by Gasteiger charge is -2.20. The third-order valence-corrected chi connectivity index (χ3v) is 6.58. The summed E-state index contributed by atoms with van der Waals surface area (Å²) in [5.41, 5.74) is 2.92. The summed E-state index contributed by atoms with van der Waals surface area (Å²) in [4.78, 5) is 11.2. The second kappa shape index (κ2) is 8.52. The lowest BCUT2D eigenvalue weighted by atomic mass is 9.97. The van der Waals surface area contributed by atoms with Gasteiger partial charge in [0.15, 0.2) is 0 Å². The Kier molecular flexibility index (Phi) is 5.92. The van der Waals surface area contributed by atoms with Crippen molar-refractivity contribution in [1.29, 1.82) is 0 Å². The van der Waals surface area contributed by atoms with E-state index in [0.29, 0.717) is 5.69 Å². The van der Waals surface area contributed by atoms with Crippen molar-refractivity contribution >= 4 is 85.5 Å². The molecule has 4 aromatic carbocycles. The smallest absolute Gasteiger partial charge is 0.289 e. The number of rotatable bonds is 4. The van der Waals surface area contributed by atoms with E-state index in [1.54, 1.807) is 24.3 Å². The highest BCUT2D eigenvalue weighted by atomic mass is 35.5. The van der Waals surface area contributed by atoms with Crippen LogP contribution < -0.4 is 10.5 Å². The number of hydrazone groups is 1. The first-order valence-corrected chi connectivity index (χ1v) is 10.4. The van der Waals surface area contributed by atoms with Crippen molar-refractivity contribution in [2.24, 2.45) is 5.10 Å². The number of nitrogens with one attached hydrogen (secondary N) is 1. The van der Waals surface area contributed by atoms with E-state index in [0.717, 1.165) is 0 Å². The third-order valence-electron chi connectivity index (χ3n) is 4.78. The van der Waals surface area contributed by atoms with Crippen LogP contribution in [0.1, 0.15) is 5.56 Å². The van der Waals surface area contributed by atoms with Gasteiger partial charge in [0.25, 0.3) is 5.69 Å². The van der Waals surface area contributed by atoms with Crippen LogP contribution in [0.3, 0.4) is 0 Å². The molecular weight excluding hydrogens is 500 g/mol. The molecule has 7 nitrogen and oxygen atoms in total. The minimum absolute atomic E-state index is 0.0438. The summed E-state index contributed by atoms with van der Waals surface area (Å²) < 4.78 is 0. The van der Waals surface area contributed by atoms with Crippen molar-refractivity contribution in [3.05, 3.63) is 78.2 Å². The molecule has 0 bridgehead atoms. The van der Waals surface area contributed by atoms with Crippen LogP contribution in [0.2, 0.25) is 20.1 Å². The number of phenols is 1. The molecule has 0 spiro atoms. The maximum absolute atomic E-state index is 13.1. The van der Waals surface area contributed by atoms with Crippen LogP contribution in [-0.4, -0.2) is 16.2 Å². The summed E-state index contributed by atoms with van der Waals surface area (Å²) in [7, 11) is 0. The van der Waals surface area contributed by atoms with Gasteiger partial charge in [-0.15, -0.1) is 0 Å². The van der Waals surface area contributed by atoms with Crippen molar-refractivity contribution in [3.8, 4) is 11.5 Å². The number of para-hydroxylation sites is 1. The number of hydrogen-bond acceptors (Lipinski definition) is 6. The summed E-state index contributed by atoms with van der Waals surface area (Å²) in [5, 5.41) is 38.4. The number of nitro groups is 1. The van der Waals surface area contributed by atoms with Crippen LogP contribution in [-0.2, 0) is 0 Å². The molecule has 0 heterocycles. The first-order valence-electron chi connectivity index (χ1n) is 8.86. The quantitative estimate of drug-likeness (QED) is 0.0789. The Labute approximate surface area is 200 Å². The summed E-state index contributed by atoms with van der Waals surface area (Å²) in [5.74, 6) is -1.30. The zero-order valence-corrected chi connectivity index (χ0v) is 18.7. The normalized spacial score (nSPS) is 11.5. The first-order chi connectivity index (χ1) is 15.2. The molecule has 0 aliphatic heterocycles. The van der Waals surface area contributed by atoms with Crippen LogP contribution in [0, 0.1) is 10.1 Å². The zero-order chi connectivity index (χ0) is 23.2. The van der Waals surface area contributed by atoms with Crippen molar-refractivity contribution < 1.29 is 15.1 Å². The van der Waals surface area contributed by atoms with Crippen LogP contribution in [0.4, 0.5) is 11.4 Å². The van der Waals surface area contributed by atoms with E-state index < -0.39 is 22.1 Å². The molecule has 0 radical (unpaired) electrons. The number of phenolic OH excluding ortho intramolecular Hbond substituents is 1. The minimum Gasteiger partial charge on any atom is -0.872 e. The van der Waals surface area contributed by atoms with Gasteiger partial charge in [0.2, 0.25) is 0 Å². The number of halogens is 4. The van der Waals surface area contributed by atoms with Crippen LogP contribution in [0.15, 0.2) is 47.6 Å². The fourth-order valence-electron chi connectivity index (χ4n) is 3.35. The van der Waals surface area contributed by atoms with Crippen LogP contribution >= 0.6 is 46.4 Å². The maximum Gasteiger partial charge on any atom is 0.289 e. The number of benzene rings is 4. The van der Waals surface area contributed by atoms with E-state index in [9.17, 15) is 20.3 Å². The Hall–Kier alpha value is -2.97. The SMILES string of the molecule is O=[N+]([O-])c1c(C=NNc2ccccc2)ccc2c([O-])c3c(Cl)c(Cl)c(Cl)c(Cl)c3c(O)c12. The van der Waals surface area contributed by atoms with Gasteiger partial charge in [-0.3, -0.25) is 15.5 Å². The molecule has 0 fully saturated rings. The van der Waals surface area contributed by atoms with Gasteiger partial charge >= 0.3 is 0 Å². The highest BCUT2D eigenvalue weighted by Gasteiger charge is 2.26. The molecule has 162 valence electrons. The predicted molar refractivity (Wildman–Crippen MR) is 127 cm³/mol. The monoisotopic (exact) mass is 508 g/mol. The van der Waals surface area contributed by atoms with E-state index in [1.807, 2.05) is 6.07 Å². The van der Waals surface area contributed by atoms with Gasteiger partial charge < -0.3 is 10.2 Å². The molecule has 0 unspecified atom stereocenters.